The summed E-state index contributed by atoms with van der Waals surface area (Å²) in [5.74, 6) is 0.0388. The van der Waals surface area contributed by atoms with Crippen LogP contribution >= 0.6 is 0 Å². The molecule has 0 aliphatic rings. The normalized spacial score (nSPS) is 11.2. The van der Waals surface area contributed by atoms with Gasteiger partial charge in [0.1, 0.15) is 5.60 Å². The lowest BCUT2D eigenvalue weighted by Crippen LogP contribution is -2.27. The van der Waals surface area contributed by atoms with E-state index < -0.39 is 11.7 Å². The highest BCUT2D eigenvalue weighted by Gasteiger charge is 2.18. The molecule has 0 saturated carbocycles. The summed E-state index contributed by atoms with van der Waals surface area (Å²) in [6.45, 7) is 10.3. The van der Waals surface area contributed by atoms with E-state index in [4.69, 9.17) is 4.74 Å². The average Bonchev–Trinajstić information content (AvgIpc) is 2.41. The summed E-state index contributed by atoms with van der Waals surface area (Å²) in [5.41, 5.74) is 1.36. The number of anilines is 2. The number of benzene rings is 1. The van der Waals surface area contributed by atoms with E-state index in [2.05, 4.69) is 17.6 Å². The number of hydrogen-bond donors (Lipinski definition) is 3. The molecule has 1 amide bonds. The zero-order valence-electron chi connectivity index (χ0n) is 15.0. The Balaban J connectivity index is 2.72. The molecule has 1 rings (SSSR count). The largest absolute Gasteiger partial charge is 0.504 e. The lowest BCUT2D eigenvalue weighted by Gasteiger charge is -2.20. The molecular formula is C18H30N2O3. The number of aryl methyl sites for hydroxylation is 1. The Labute approximate surface area is 139 Å². The first-order valence-corrected chi connectivity index (χ1v) is 8.30. The van der Waals surface area contributed by atoms with Crippen molar-refractivity contribution in [3.8, 4) is 5.75 Å². The lowest BCUT2D eigenvalue weighted by molar-refractivity contribution is 0.0635. The molecule has 0 unspecified atom stereocenters. The maximum absolute atomic E-state index is 11.9. The molecule has 23 heavy (non-hydrogen) atoms. The summed E-state index contributed by atoms with van der Waals surface area (Å²) >= 11 is 0. The highest BCUT2D eigenvalue weighted by atomic mass is 16.6. The molecule has 0 saturated heterocycles. The Hall–Kier alpha value is -1.91. The van der Waals surface area contributed by atoms with Crippen LogP contribution in [-0.4, -0.2) is 23.3 Å². The molecular weight excluding hydrogens is 292 g/mol. The molecule has 0 aliphatic carbocycles. The van der Waals surface area contributed by atoms with Crippen molar-refractivity contribution >= 4 is 17.5 Å². The van der Waals surface area contributed by atoms with Crippen molar-refractivity contribution in [1.82, 2.24) is 0 Å². The smallest absolute Gasteiger partial charge is 0.412 e. The summed E-state index contributed by atoms with van der Waals surface area (Å²) in [4.78, 5) is 11.9. The van der Waals surface area contributed by atoms with Crippen LogP contribution in [0.2, 0.25) is 0 Å². The maximum Gasteiger partial charge on any atom is 0.412 e. The van der Waals surface area contributed by atoms with Crippen LogP contribution < -0.4 is 10.6 Å². The second-order valence-electron chi connectivity index (χ2n) is 6.82. The molecule has 0 fully saturated rings. The van der Waals surface area contributed by atoms with Crippen molar-refractivity contribution in [3.05, 3.63) is 17.7 Å². The van der Waals surface area contributed by atoms with E-state index in [1.807, 2.05) is 13.0 Å². The maximum atomic E-state index is 11.9. The van der Waals surface area contributed by atoms with Crippen molar-refractivity contribution in [3.63, 3.8) is 0 Å². The topological polar surface area (TPSA) is 70.6 Å². The van der Waals surface area contributed by atoms with Crippen molar-refractivity contribution in [2.45, 2.75) is 65.9 Å². The third-order valence-corrected chi connectivity index (χ3v) is 3.24. The number of unbranched alkanes of at least 4 members (excludes halogenated alkanes) is 3. The Morgan fingerprint density at radius 1 is 1.17 bits per heavy atom. The predicted molar refractivity (Wildman–Crippen MR) is 95.3 cm³/mol. The van der Waals surface area contributed by atoms with Gasteiger partial charge in [0.2, 0.25) is 0 Å². The summed E-state index contributed by atoms with van der Waals surface area (Å²) in [6, 6.07) is 3.59. The molecule has 3 N–H and O–H groups in total. The zero-order valence-corrected chi connectivity index (χ0v) is 15.0. The van der Waals surface area contributed by atoms with Gasteiger partial charge in [-0.25, -0.2) is 4.79 Å². The number of carbonyl (C=O) groups is 1. The molecule has 0 aliphatic heterocycles. The number of hydrogen-bond acceptors (Lipinski definition) is 4. The van der Waals surface area contributed by atoms with Crippen LogP contribution in [0.3, 0.4) is 0 Å². The molecule has 0 atom stereocenters. The summed E-state index contributed by atoms with van der Waals surface area (Å²) in [5, 5.41) is 16.2. The third kappa shape index (κ3) is 7.26. The molecule has 0 aromatic heterocycles. The number of ether oxygens (including phenoxy) is 1. The van der Waals surface area contributed by atoms with Crippen molar-refractivity contribution in [2.24, 2.45) is 0 Å². The van der Waals surface area contributed by atoms with Crippen molar-refractivity contribution in [1.29, 1.82) is 0 Å². The Kier molecular flexibility index (Phi) is 7.20. The predicted octanol–water partition coefficient (Wildman–Crippen LogP) is 5.04. The lowest BCUT2D eigenvalue weighted by atomic mass is 10.1. The monoisotopic (exact) mass is 322 g/mol. The van der Waals surface area contributed by atoms with E-state index in [1.54, 1.807) is 26.8 Å². The molecule has 0 heterocycles. The minimum absolute atomic E-state index is 0.0388. The first-order valence-electron chi connectivity index (χ1n) is 8.30. The number of aromatic hydroxyl groups is 1. The molecule has 0 radical (unpaired) electrons. The molecule has 130 valence electrons. The van der Waals surface area contributed by atoms with E-state index in [9.17, 15) is 9.90 Å². The van der Waals surface area contributed by atoms with Gasteiger partial charge < -0.3 is 15.2 Å². The number of phenolic OH excluding ortho intramolecular Hbond substituents is 1. The van der Waals surface area contributed by atoms with E-state index in [1.165, 1.54) is 19.3 Å². The van der Waals surface area contributed by atoms with E-state index in [0.29, 0.717) is 11.4 Å². The molecule has 1 aromatic carbocycles. The number of phenols is 1. The van der Waals surface area contributed by atoms with Gasteiger partial charge in [-0.3, -0.25) is 5.32 Å². The van der Waals surface area contributed by atoms with Gasteiger partial charge in [0, 0.05) is 6.54 Å². The van der Waals surface area contributed by atoms with Crippen LogP contribution in [0.4, 0.5) is 16.2 Å². The highest BCUT2D eigenvalue weighted by Crippen LogP contribution is 2.34. The number of nitrogens with one attached hydrogen (secondary N) is 2. The van der Waals surface area contributed by atoms with Gasteiger partial charge in [-0.05, 0) is 51.8 Å². The van der Waals surface area contributed by atoms with Crippen LogP contribution in [0.1, 0.15) is 58.9 Å². The summed E-state index contributed by atoms with van der Waals surface area (Å²) < 4.78 is 5.22. The van der Waals surface area contributed by atoms with Crippen LogP contribution in [0.5, 0.6) is 5.75 Å². The molecule has 5 nitrogen and oxygen atoms in total. The van der Waals surface area contributed by atoms with Gasteiger partial charge in [0.05, 0.1) is 11.4 Å². The van der Waals surface area contributed by atoms with Gasteiger partial charge in [-0.2, -0.15) is 0 Å². The fourth-order valence-electron chi connectivity index (χ4n) is 2.20. The van der Waals surface area contributed by atoms with E-state index in [0.717, 1.165) is 18.5 Å². The SMILES string of the molecule is CCCCCCNc1cc(C)cc(NC(=O)OC(C)(C)C)c1O. The minimum Gasteiger partial charge on any atom is -0.504 e. The van der Waals surface area contributed by atoms with Crippen LogP contribution in [0, 0.1) is 6.92 Å². The van der Waals surface area contributed by atoms with Crippen molar-refractivity contribution < 1.29 is 14.6 Å². The number of amides is 1. The van der Waals surface area contributed by atoms with Crippen LogP contribution in [0.15, 0.2) is 12.1 Å². The van der Waals surface area contributed by atoms with Gasteiger partial charge in [-0.1, -0.05) is 26.2 Å². The second-order valence-corrected chi connectivity index (χ2v) is 6.82. The Morgan fingerprint density at radius 2 is 1.83 bits per heavy atom. The minimum atomic E-state index is -0.579. The first kappa shape index (κ1) is 19.1. The zero-order chi connectivity index (χ0) is 17.5. The quantitative estimate of drug-likeness (QED) is 0.486. The van der Waals surface area contributed by atoms with Crippen LogP contribution in [0.25, 0.3) is 0 Å². The van der Waals surface area contributed by atoms with Gasteiger partial charge in [0.25, 0.3) is 0 Å². The Bertz CT molecular complexity index is 522. The Morgan fingerprint density at radius 3 is 2.43 bits per heavy atom. The van der Waals surface area contributed by atoms with Gasteiger partial charge >= 0.3 is 6.09 Å². The summed E-state index contributed by atoms with van der Waals surface area (Å²) in [6.07, 6.45) is 4.05. The molecule has 5 heteroatoms. The fourth-order valence-corrected chi connectivity index (χ4v) is 2.20. The molecule has 0 bridgehead atoms. The summed E-state index contributed by atoms with van der Waals surface area (Å²) in [7, 11) is 0. The number of carbonyl (C=O) groups excluding carboxylic acids is 1. The second kappa shape index (κ2) is 8.65. The fraction of sp³-hybridized carbons (Fsp3) is 0.611. The molecule has 1 aromatic rings. The van der Waals surface area contributed by atoms with E-state index >= 15 is 0 Å². The number of rotatable bonds is 7. The standard InChI is InChI=1S/C18H30N2O3/c1-6-7-8-9-10-19-14-11-13(2)12-15(16(14)21)20-17(22)23-18(3,4)5/h11-12,19,21H,6-10H2,1-5H3,(H,20,22). The van der Waals surface area contributed by atoms with E-state index in [-0.39, 0.29) is 5.75 Å². The highest BCUT2D eigenvalue weighted by molar-refractivity contribution is 5.89. The molecule has 0 spiro atoms. The first-order chi connectivity index (χ1) is 10.7. The van der Waals surface area contributed by atoms with Gasteiger partial charge in [0.15, 0.2) is 5.75 Å². The van der Waals surface area contributed by atoms with Crippen LogP contribution in [-0.2, 0) is 4.74 Å². The average molecular weight is 322 g/mol. The van der Waals surface area contributed by atoms with Crippen molar-refractivity contribution in [2.75, 3.05) is 17.2 Å². The third-order valence-electron chi connectivity index (χ3n) is 3.24. The van der Waals surface area contributed by atoms with Gasteiger partial charge in [-0.15, -0.1) is 0 Å².